The summed E-state index contributed by atoms with van der Waals surface area (Å²) in [6, 6.07) is 1.72. The van der Waals surface area contributed by atoms with Crippen LogP contribution in [0.3, 0.4) is 0 Å². The number of aromatic hydroxyl groups is 1. The van der Waals surface area contributed by atoms with E-state index in [0.29, 0.717) is 10.2 Å². The number of phenolic OH excluding ortho intramolecular Hbond substituents is 1. The maximum atomic E-state index is 9.82. The van der Waals surface area contributed by atoms with Crippen molar-refractivity contribution in [2.45, 2.75) is 32.2 Å². The van der Waals surface area contributed by atoms with Crippen LogP contribution in [0.15, 0.2) is 15.0 Å². The van der Waals surface area contributed by atoms with Crippen LogP contribution >= 0.6 is 31.9 Å². The summed E-state index contributed by atoms with van der Waals surface area (Å²) >= 11 is 6.77. The van der Waals surface area contributed by atoms with Crippen molar-refractivity contribution < 1.29 is 9.84 Å². The van der Waals surface area contributed by atoms with Crippen LogP contribution in [-0.4, -0.2) is 12.2 Å². The van der Waals surface area contributed by atoms with Gasteiger partial charge in [0.25, 0.3) is 0 Å². The first-order valence-corrected chi connectivity index (χ1v) is 7.11. The van der Waals surface area contributed by atoms with E-state index in [1.807, 2.05) is 0 Å². The van der Waals surface area contributed by atoms with Crippen molar-refractivity contribution in [2.24, 2.45) is 5.73 Å². The van der Waals surface area contributed by atoms with Crippen LogP contribution in [0.25, 0.3) is 0 Å². The first-order chi connectivity index (χ1) is 8.02. The number of phenols is 1. The van der Waals surface area contributed by atoms with Crippen molar-refractivity contribution in [1.82, 2.24) is 0 Å². The summed E-state index contributed by atoms with van der Waals surface area (Å²) in [4.78, 5) is 0. The lowest BCUT2D eigenvalue weighted by atomic mass is 10.0. The van der Waals surface area contributed by atoms with Crippen LogP contribution in [-0.2, 0) is 0 Å². The molecule has 0 saturated heterocycles. The van der Waals surface area contributed by atoms with Gasteiger partial charge in [0.05, 0.1) is 11.6 Å². The van der Waals surface area contributed by atoms with Crippen LogP contribution in [0, 0.1) is 0 Å². The van der Waals surface area contributed by atoms with E-state index in [1.165, 1.54) is 7.11 Å². The normalized spacial score (nSPS) is 12.5. The summed E-state index contributed by atoms with van der Waals surface area (Å²) in [6.45, 7) is 2.13. The maximum absolute atomic E-state index is 9.82. The molecule has 0 aliphatic rings. The van der Waals surface area contributed by atoms with Crippen LogP contribution < -0.4 is 10.5 Å². The largest absolute Gasteiger partial charge is 0.503 e. The van der Waals surface area contributed by atoms with E-state index in [0.717, 1.165) is 29.3 Å². The molecular formula is C12H17Br2NO2. The number of unbranched alkanes of at least 4 members (excludes halogenated alkanes) is 1. The molecule has 0 aliphatic heterocycles. The zero-order valence-corrected chi connectivity index (χ0v) is 13.1. The molecule has 0 spiro atoms. The third kappa shape index (κ3) is 3.36. The van der Waals surface area contributed by atoms with Crippen molar-refractivity contribution in [1.29, 1.82) is 0 Å². The van der Waals surface area contributed by atoms with Crippen molar-refractivity contribution in [3.8, 4) is 11.5 Å². The van der Waals surface area contributed by atoms with Gasteiger partial charge in [0, 0.05) is 10.5 Å². The molecule has 1 aromatic carbocycles. The van der Waals surface area contributed by atoms with Gasteiger partial charge in [-0.25, -0.2) is 0 Å². The summed E-state index contributed by atoms with van der Waals surface area (Å²) < 4.78 is 6.49. The van der Waals surface area contributed by atoms with Gasteiger partial charge in [0.15, 0.2) is 11.5 Å². The molecule has 0 saturated carbocycles. The number of hydrogen-bond acceptors (Lipinski definition) is 3. The quantitative estimate of drug-likeness (QED) is 0.824. The summed E-state index contributed by atoms with van der Waals surface area (Å²) in [7, 11) is 1.52. The highest BCUT2D eigenvalue weighted by atomic mass is 79.9. The molecule has 0 unspecified atom stereocenters. The zero-order valence-electron chi connectivity index (χ0n) is 9.96. The van der Waals surface area contributed by atoms with E-state index in [1.54, 1.807) is 6.07 Å². The Hall–Kier alpha value is -0.260. The number of nitrogens with two attached hydrogens (primary N) is 1. The van der Waals surface area contributed by atoms with Gasteiger partial charge in [-0.3, -0.25) is 0 Å². The van der Waals surface area contributed by atoms with Gasteiger partial charge in [-0.05, 0) is 49.9 Å². The van der Waals surface area contributed by atoms with Gasteiger partial charge in [0.2, 0.25) is 0 Å². The predicted molar refractivity (Wildman–Crippen MR) is 76.5 cm³/mol. The Kier molecular flexibility index (Phi) is 5.76. The van der Waals surface area contributed by atoms with E-state index in [4.69, 9.17) is 10.5 Å². The van der Waals surface area contributed by atoms with Crippen LogP contribution in [0.2, 0.25) is 0 Å². The minimum Gasteiger partial charge on any atom is -0.503 e. The fourth-order valence-corrected chi connectivity index (χ4v) is 2.64. The Morgan fingerprint density at radius 1 is 1.41 bits per heavy atom. The van der Waals surface area contributed by atoms with Gasteiger partial charge in [-0.15, -0.1) is 0 Å². The third-order valence-corrected chi connectivity index (χ3v) is 4.82. The molecule has 1 atom stereocenters. The maximum Gasteiger partial charge on any atom is 0.173 e. The van der Waals surface area contributed by atoms with Crippen molar-refractivity contribution in [2.75, 3.05) is 7.11 Å². The molecule has 3 nitrogen and oxygen atoms in total. The molecule has 0 aliphatic carbocycles. The topological polar surface area (TPSA) is 55.5 Å². The molecular weight excluding hydrogens is 350 g/mol. The van der Waals surface area contributed by atoms with Crippen LogP contribution in [0.4, 0.5) is 0 Å². The summed E-state index contributed by atoms with van der Waals surface area (Å²) in [5.41, 5.74) is 7.08. The second-order valence-corrected chi connectivity index (χ2v) is 5.48. The zero-order chi connectivity index (χ0) is 13.0. The Morgan fingerprint density at radius 2 is 2.06 bits per heavy atom. The van der Waals surface area contributed by atoms with Gasteiger partial charge < -0.3 is 15.6 Å². The Balaban J connectivity index is 3.11. The molecule has 0 radical (unpaired) electrons. The summed E-state index contributed by atoms with van der Waals surface area (Å²) in [6.07, 6.45) is 3.10. The lowest BCUT2D eigenvalue weighted by Crippen LogP contribution is -2.11. The van der Waals surface area contributed by atoms with Gasteiger partial charge in [0.1, 0.15) is 0 Å². The molecule has 0 aromatic heterocycles. The highest BCUT2D eigenvalue weighted by Gasteiger charge is 2.18. The van der Waals surface area contributed by atoms with Crippen molar-refractivity contribution >= 4 is 31.9 Å². The van der Waals surface area contributed by atoms with Crippen LogP contribution in [0.5, 0.6) is 11.5 Å². The molecule has 3 N–H and O–H groups in total. The number of benzene rings is 1. The Bertz CT molecular complexity index is 397. The fourth-order valence-electron chi connectivity index (χ4n) is 1.62. The van der Waals surface area contributed by atoms with Gasteiger partial charge in [-0.1, -0.05) is 19.8 Å². The van der Waals surface area contributed by atoms with Crippen molar-refractivity contribution in [3.63, 3.8) is 0 Å². The Morgan fingerprint density at radius 3 is 2.59 bits per heavy atom. The molecule has 0 heterocycles. The average molecular weight is 367 g/mol. The SMILES string of the molecule is CCCC[C@@H](N)c1cc(OC)c(O)c(Br)c1Br. The minimum atomic E-state index is -0.0601. The molecule has 1 aromatic rings. The summed E-state index contributed by atoms with van der Waals surface area (Å²) in [5.74, 6) is 0.521. The van der Waals surface area contributed by atoms with E-state index < -0.39 is 0 Å². The number of rotatable bonds is 5. The molecule has 0 fully saturated rings. The molecule has 96 valence electrons. The van der Waals surface area contributed by atoms with E-state index >= 15 is 0 Å². The lowest BCUT2D eigenvalue weighted by molar-refractivity contribution is 0.370. The lowest BCUT2D eigenvalue weighted by Gasteiger charge is -2.17. The number of methoxy groups -OCH3 is 1. The van der Waals surface area contributed by atoms with E-state index in [9.17, 15) is 5.11 Å². The van der Waals surface area contributed by atoms with Crippen LogP contribution in [0.1, 0.15) is 37.8 Å². The number of ether oxygens (including phenoxy) is 1. The minimum absolute atomic E-state index is 0.0601. The molecule has 0 amide bonds. The Labute approximate surface area is 119 Å². The molecule has 17 heavy (non-hydrogen) atoms. The second kappa shape index (κ2) is 6.61. The highest BCUT2D eigenvalue weighted by Crippen LogP contribution is 2.43. The molecule has 0 bridgehead atoms. The first kappa shape index (κ1) is 14.8. The average Bonchev–Trinajstić information content (AvgIpc) is 2.33. The highest BCUT2D eigenvalue weighted by molar-refractivity contribution is 9.13. The number of halogens is 2. The summed E-state index contributed by atoms with van der Waals surface area (Å²) in [5, 5.41) is 9.82. The third-order valence-electron chi connectivity index (χ3n) is 2.66. The standard InChI is InChI=1S/C12H17Br2NO2/c1-3-4-5-8(15)7-6-9(17-2)12(16)11(14)10(7)13/h6,8,16H,3-5,15H2,1-2H3/t8-/m1/s1. The molecule has 5 heteroatoms. The van der Waals surface area contributed by atoms with Gasteiger partial charge in [-0.2, -0.15) is 0 Å². The van der Waals surface area contributed by atoms with E-state index in [-0.39, 0.29) is 11.8 Å². The predicted octanol–water partition coefficient (Wildman–Crippen LogP) is 4.12. The monoisotopic (exact) mass is 365 g/mol. The second-order valence-electron chi connectivity index (χ2n) is 3.89. The van der Waals surface area contributed by atoms with Gasteiger partial charge >= 0.3 is 0 Å². The smallest absolute Gasteiger partial charge is 0.173 e. The van der Waals surface area contributed by atoms with E-state index in [2.05, 4.69) is 38.8 Å². The van der Waals surface area contributed by atoms with Crippen molar-refractivity contribution in [3.05, 3.63) is 20.6 Å². The fraction of sp³-hybridized carbons (Fsp3) is 0.500. The first-order valence-electron chi connectivity index (χ1n) is 5.53. The molecule has 1 rings (SSSR count). The number of hydrogen-bond donors (Lipinski definition) is 2.